The number of nitrogens with zero attached hydrogens (tertiary/aromatic N) is 4. The van der Waals surface area contributed by atoms with Gasteiger partial charge in [0.25, 0.3) is 0 Å². The predicted octanol–water partition coefficient (Wildman–Crippen LogP) is 1.92. The van der Waals surface area contributed by atoms with E-state index < -0.39 is 4.92 Å². The van der Waals surface area contributed by atoms with Gasteiger partial charge in [-0.05, 0) is 20.1 Å². The molecule has 19 heavy (non-hydrogen) atoms. The van der Waals surface area contributed by atoms with E-state index in [1.165, 1.54) is 0 Å². The maximum absolute atomic E-state index is 11.2. The Morgan fingerprint density at radius 3 is 2.63 bits per heavy atom. The molecular weight excluding hydrogens is 266 g/mol. The second kappa shape index (κ2) is 6.55. The molecule has 1 aromatic heterocycles. The van der Waals surface area contributed by atoms with E-state index in [4.69, 9.17) is 0 Å². The highest BCUT2D eigenvalue weighted by Crippen LogP contribution is 2.30. The predicted molar refractivity (Wildman–Crippen MR) is 79.2 cm³/mol. The van der Waals surface area contributed by atoms with E-state index in [-0.39, 0.29) is 11.7 Å². The van der Waals surface area contributed by atoms with Crippen LogP contribution >= 0.6 is 11.8 Å². The topological polar surface area (TPSA) is 84.2 Å². The van der Waals surface area contributed by atoms with E-state index >= 15 is 0 Å². The van der Waals surface area contributed by atoms with Crippen LogP contribution in [0.25, 0.3) is 0 Å². The van der Waals surface area contributed by atoms with Crippen molar-refractivity contribution in [2.24, 2.45) is 0 Å². The molecule has 0 saturated carbocycles. The molecule has 106 valence electrons. The van der Waals surface area contributed by atoms with Crippen molar-refractivity contribution in [3.63, 3.8) is 0 Å². The van der Waals surface area contributed by atoms with Gasteiger partial charge in [-0.2, -0.15) is 16.7 Å². The fourth-order valence-corrected chi connectivity index (χ4v) is 2.39. The zero-order valence-corrected chi connectivity index (χ0v) is 12.6. The standard InChI is InChI=1S/C11H19N5O2S/c1-7(6-19-5)15(4)10-9(16(17)18)8(2)13-11(12-3)14-10/h7H,6H2,1-5H3,(H,12,13,14). The molecule has 0 aliphatic carbocycles. The maximum Gasteiger partial charge on any atom is 0.332 e. The van der Waals surface area contributed by atoms with E-state index in [1.54, 1.807) is 25.7 Å². The first-order valence-corrected chi connectivity index (χ1v) is 7.24. The summed E-state index contributed by atoms with van der Waals surface area (Å²) in [6.07, 6.45) is 2.00. The van der Waals surface area contributed by atoms with Gasteiger partial charge in [-0.3, -0.25) is 10.1 Å². The Kier molecular flexibility index (Phi) is 5.34. The number of nitrogens with one attached hydrogen (secondary N) is 1. The average molecular weight is 285 g/mol. The van der Waals surface area contributed by atoms with Gasteiger partial charge in [-0.25, -0.2) is 4.98 Å². The van der Waals surface area contributed by atoms with Crippen LogP contribution in [0.1, 0.15) is 12.6 Å². The first kappa shape index (κ1) is 15.5. The van der Waals surface area contributed by atoms with E-state index in [9.17, 15) is 10.1 Å². The third-order valence-corrected chi connectivity index (χ3v) is 3.66. The summed E-state index contributed by atoms with van der Waals surface area (Å²) in [5.41, 5.74) is 0.331. The summed E-state index contributed by atoms with van der Waals surface area (Å²) in [5.74, 6) is 1.61. The summed E-state index contributed by atoms with van der Waals surface area (Å²) >= 11 is 1.69. The van der Waals surface area contributed by atoms with Crippen molar-refractivity contribution in [2.45, 2.75) is 19.9 Å². The lowest BCUT2D eigenvalue weighted by Crippen LogP contribution is -2.32. The maximum atomic E-state index is 11.2. The molecule has 0 fully saturated rings. The summed E-state index contributed by atoms with van der Waals surface area (Å²) in [7, 11) is 3.50. The smallest absolute Gasteiger partial charge is 0.332 e. The van der Waals surface area contributed by atoms with Gasteiger partial charge in [0.05, 0.1) is 4.92 Å². The summed E-state index contributed by atoms with van der Waals surface area (Å²) in [6.45, 7) is 3.63. The molecule has 1 atom stereocenters. The average Bonchev–Trinajstić information content (AvgIpc) is 2.36. The van der Waals surface area contributed by atoms with Crippen molar-refractivity contribution < 1.29 is 4.92 Å². The molecule has 0 aliphatic heterocycles. The minimum absolute atomic E-state index is 0.0329. The first-order chi connectivity index (χ1) is 8.92. The minimum Gasteiger partial charge on any atom is -0.357 e. The number of anilines is 2. The normalized spacial score (nSPS) is 12.1. The van der Waals surface area contributed by atoms with Crippen molar-refractivity contribution in [1.29, 1.82) is 0 Å². The second-order valence-corrected chi connectivity index (χ2v) is 5.14. The monoisotopic (exact) mass is 285 g/mol. The van der Waals surface area contributed by atoms with E-state index in [0.29, 0.717) is 17.5 Å². The van der Waals surface area contributed by atoms with Crippen LogP contribution in [0.3, 0.4) is 0 Å². The highest BCUT2D eigenvalue weighted by molar-refractivity contribution is 7.98. The number of aromatic nitrogens is 2. The Morgan fingerprint density at radius 1 is 1.53 bits per heavy atom. The van der Waals surface area contributed by atoms with Crippen LogP contribution in [0, 0.1) is 17.0 Å². The third kappa shape index (κ3) is 3.46. The van der Waals surface area contributed by atoms with Crippen LogP contribution in [-0.4, -0.2) is 47.0 Å². The number of rotatable bonds is 6. The Bertz CT molecular complexity index is 469. The number of nitro groups is 1. The highest BCUT2D eigenvalue weighted by atomic mass is 32.2. The van der Waals surface area contributed by atoms with Gasteiger partial charge in [0.2, 0.25) is 11.8 Å². The Labute approximate surface area is 117 Å². The lowest BCUT2D eigenvalue weighted by atomic mass is 10.3. The largest absolute Gasteiger partial charge is 0.357 e. The molecular formula is C11H19N5O2S. The molecule has 0 amide bonds. The molecule has 0 bridgehead atoms. The Morgan fingerprint density at radius 2 is 2.16 bits per heavy atom. The molecule has 0 spiro atoms. The molecule has 1 unspecified atom stereocenters. The third-order valence-electron chi connectivity index (χ3n) is 2.85. The van der Waals surface area contributed by atoms with Crippen LogP contribution in [0.15, 0.2) is 0 Å². The number of thioether (sulfide) groups is 1. The molecule has 1 aromatic rings. The molecule has 0 aliphatic rings. The van der Waals surface area contributed by atoms with Gasteiger partial charge < -0.3 is 10.2 Å². The highest BCUT2D eigenvalue weighted by Gasteiger charge is 2.26. The van der Waals surface area contributed by atoms with E-state index in [2.05, 4.69) is 15.3 Å². The van der Waals surface area contributed by atoms with Gasteiger partial charge in [0, 0.05) is 25.9 Å². The van der Waals surface area contributed by atoms with E-state index in [1.807, 2.05) is 25.1 Å². The van der Waals surface area contributed by atoms with Crippen molar-refractivity contribution >= 4 is 29.2 Å². The molecule has 0 aromatic carbocycles. The fourth-order valence-electron chi connectivity index (χ4n) is 1.69. The van der Waals surface area contributed by atoms with Gasteiger partial charge in [-0.15, -0.1) is 0 Å². The Balaban J connectivity index is 3.29. The zero-order valence-electron chi connectivity index (χ0n) is 11.8. The lowest BCUT2D eigenvalue weighted by molar-refractivity contribution is -0.385. The van der Waals surface area contributed by atoms with Crippen molar-refractivity contribution in [1.82, 2.24) is 9.97 Å². The molecule has 8 heteroatoms. The van der Waals surface area contributed by atoms with Crippen LogP contribution < -0.4 is 10.2 Å². The van der Waals surface area contributed by atoms with Crippen LogP contribution in [0.5, 0.6) is 0 Å². The number of hydrogen-bond acceptors (Lipinski definition) is 7. The van der Waals surface area contributed by atoms with Crippen molar-refractivity contribution in [3.8, 4) is 0 Å². The van der Waals surface area contributed by atoms with Gasteiger partial charge >= 0.3 is 5.69 Å². The minimum atomic E-state index is -0.424. The number of hydrogen-bond donors (Lipinski definition) is 1. The van der Waals surface area contributed by atoms with Gasteiger partial charge in [0.1, 0.15) is 5.69 Å². The quantitative estimate of drug-likeness (QED) is 0.631. The second-order valence-electron chi connectivity index (χ2n) is 4.23. The molecule has 1 rings (SSSR count). The lowest BCUT2D eigenvalue weighted by Gasteiger charge is -2.25. The summed E-state index contributed by atoms with van der Waals surface area (Å²) in [5, 5.41) is 14.0. The van der Waals surface area contributed by atoms with Crippen molar-refractivity contribution in [3.05, 3.63) is 15.8 Å². The zero-order chi connectivity index (χ0) is 14.6. The fraction of sp³-hybridized carbons (Fsp3) is 0.636. The van der Waals surface area contributed by atoms with Crippen LogP contribution in [0.4, 0.5) is 17.5 Å². The van der Waals surface area contributed by atoms with Crippen molar-refractivity contribution in [2.75, 3.05) is 36.3 Å². The first-order valence-electron chi connectivity index (χ1n) is 5.84. The Hall–Kier alpha value is -1.57. The SMILES string of the molecule is CNc1nc(C)c([N+](=O)[O-])c(N(C)C(C)CSC)n1. The molecule has 1 heterocycles. The van der Waals surface area contributed by atoms with E-state index in [0.717, 1.165) is 5.75 Å². The summed E-state index contributed by atoms with van der Waals surface area (Å²) in [6, 6.07) is 0.146. The molecule has 7 nitrogen and oxygen atoms in total. The molecule has 1 N–H and O–H groups in total. The summed E-state index contributed by atoms with van der Waals surface area (Å²) in [4.78, 5) is 20.9. The number of aryl methyl sites for hydroxylation is 1. The van der Waals surface area contributed by atoms with Crippen LogP contribution in [0.2, 0.25) is 0 Å². The molecule has 0 saturated heterocycles. The van der Waals surface area contributed by atoms with Gasteiger partial charge in [0.15, 0.2) is 0 Å². The van der Waals surface area contributed by atoms with Crippen LogP contribution in [-0.2, 0) is 0 Å². The molecule has 0 radical (unpaired) electrons. The summed E-state index contributed by atoms with van der Waals surface area (Å²) < 4.78 is 0. The van der Waals surface area contributed by atoms with Gasteiger partial charge in [-0.1, -0.05) is 0 Å².